The average Bonchev–Trinajstić information content (AvgIpc) is 3.36. The Morgan fingerprint density at radius 1 is 1.41 bits per heavy atom. The van der Waals surface area contributed by atoms with Crippen LogP contribution in [-0.4, -0.2) is 33.2 Å². The third-order valence-electron chi connectivity index (χ3n) is 4.42. The lowest BCUT2D eigenvalue weighted by Crippen LogP contribution is -2.15. The number of benzene rings is 1. The molecule has 2 heterocycles. The Morgan fingerprint density at radius 2 is 2.22 bits per heavy atom. The highest BCUT2D eigenvalue weighted by molar-refractivity contribution is 7.99. The van der Waals surface area contributed by atoms with E-state index in [0.717, 1.165) is 20.9 Å². The zero-order valence-electron chi connectivity index (χ0n) is 17.4. The highest BCUT2D eigenvalue weighted by atomic mass is 32.2. The predicted octanol–water partition coefficient (Wildman–Crippen LogP) is 4.75. The van der Waals surface area contributed by atoms with E-state index in [1.54, 1.807) is 23.5 Å². The summed E-state index contributed by atoms with van der Waals surface area (Å²) in [7, 11) is -2.86. The van der Waals surface area contributed by atoms with Crippen molar-refractivity contribution in [2.45, 2.75) is 37.3 Å². The first-order valence-electron chi connectivity index (χ1n) is 9.74. The normalized spacial score (nSPS) is 13.2. The largest absolute Gasteiger partial charge is 0.410 e. The Morgan fingerprint density at radius 3 is 2.97 bits per heavy atom. The molecule has 0 aliphatic carbocycles. The van der Waals surface area contributed by atoms with E-state index in [1.165, 1.54) is 17.8 Å². The second-order valence-corrected chi connectivity index (χ2v) is 10.1. The Balaban J connectivity index is 1.57. The van der Waals surface area contributed by atoms with Gasteiger partial charge >= 0.3 is 8.25 Å². The summed E-state index contributed by atoms with van der Waals surface area (Å²) < 4.78 is 21.0. The average molecular weight is 499 g/mol. The van der Waals surface area contributed by atoms with Crippen molar-refractivity contribution < 1.29 is 23.3 Å². The molecular formula is C19H23N4O6PS2. The van der Waals surface area contributed by atoms with Gasteiger partial charge in [-0.25, -0.2) is 0 Å². The second-order valence-electron chi connectivity index (χ2n) is 6.85. The Hall–Kier alpha value is -2.08. The van der Waals surface area contributed by atoms with Crippen LogP contribution in [0.5, 0.6) is 0 Å². The van der Waals surface area contributed by atoms with Gasteiger partial charge in [0.1, 0.15) is 0 Å². The van der Waals surface area contributed by atoms with E-state index in [0.29, 0.717) is 30.6 Å². The number of rotatable bonds is 12. The number of aryl methyl sites for hydroxylation is 1. The fourth-order valence-corrected chi connectivity index (χ4v) is 5.06. The lowest BCUT2D eigenvalue weighted by molar-refractivity contribution is -0.384. The highest BCUT2D eigenvalue weighted by Gasteiger charge is 2.18. The van der Waals surface area contributed by atoms with E-state index in [9.17, 15) is 14.7 Å². The molecule has 2 aromatic heterocycles. The summed E-state index contributed by atoms with van der Waals surface area (Å²) in [5.74, 6) is 0.439. The van der Waals surface area contributed by atoms with Gasteiger partial charge in [0.2, 0.25) is 0 Å². The van der Waals surface area contributed by atoms with Gasteiger partial charge in [0, 0.05) is 28.8 Å². The maximum absolute atomic E-state index is 11.0. The molecule has 0 saturated heterocycles. The van der Waals surface area contributed by atoms with Crippen LogP contribution in [0, 0.1) is 17.0 Å². The number of thioether (sulfide) groups is 1. The molecule has 10 nitrogen and oxygen atoms in total. The molecule has 0 saturated carbocycles. The molecular weight excluding hydrogens is 475 g/mol. The lowest BCUT2D eigenvalue weighted by atomic mass is 10.1. The van der Waals surface area contributed by atoms with Gasteiger partial charge in [-0.05, 0) is 44.0 Å². The molecule has 0 bridgehead atoms. The van der Waals surface area contributed by atoms with Crippen LogP contribution in [-0.2, 0) is 15.6 Å². The summed E-state index contributed by atoms with van der Waals surface area (Å²) in [5.41, 5.74) is 1.89. The van der Waals surface area contributed by atoms with Gasteiger partial charge in [-0.15, -0.1) is 21.5 Å². The van der Waals surface area contributed by atoms with Crippen LogP contribution < -0.4 is 5.32 Å². The summed E-state index contributed by atoms with van der Waals surface area (Å²) in [6.45, 7) is 5.47. The number of nitrogens with zero attached hydrogens (tertiary/aromatic N) is 3. The topological polar surface area (TPSA) is 141 Å². The summed E-state index contributed by atoms with van der Waals surface area (Å²) in [6, 6.07) is 8.56. The number of hydrogen-bond donors (Lipinski definition) is 2. The van der Waals surface area contributed by atoms with Crippen LogP contribution in [0.4, 0.5) is 5.69 Å². The standard InChI is InChI=1S/C19H23N4O6PS2/c1-12-9-16(11-20-7-4-8-28-30(26)27)32-17(12)18-21-22-19(29-18)31-13(2)14-5-3-6-15(10-14)23(24)25/h3,5-6,9-10,13,20,30H,4,7-8,11H2,1-2H3,(H,26,27). The van der Waals surface area contributed by atoms with Crippen LogP contribution >= 0.6 is 31.4 Å². The molecule has 13 heteroatoms. The van der Waals surface area contributed by atoms with Gasteiger partial charge in [0.15, 0.2) is 0 Å². The molecule has 2 unspecified atom stereocenters. The minimum atomic E-state index is -2.86. The number of nitro groups is 1. The molecule has 1 aromatic carbocycles. The first kappa shape index (κ1) is 24.6. The number of non-ortho nitro benzene ring substituents is 1. The smallest absolute Gasteiger partial charge is 0.316 e. The third-order valence-corrected chi connectivity index (χ3v) is 7.09. The van der Waals surface area contributed by atoms with E-state index < -0.39 is 13.2 Å². The summed E-state index contributed by atoms with van der Waals surface area (Å²) in [5, 5.41) is 22.9. The van der Waals surface area contributed by atoms with Crippen LogP contribution in [0.3, 0.4) is 0 Å². The minimum Gasteiger partial charge on any atom is -0.410 e. The molecule has 0 aliphatic rings. The Kier molecular flexibility index (Phi) is 8.97. The molecule has 0 aliphatic heterocycles. The number of thiophene rings is 1. The predicted molar refractivity (Wildman–Crippen MR) is 123 cm³/mol. The summed E-state index contributed by atoms with van der Waals surface area (Å²) >= 11 is 2.90. The maximum Gasteiger partial charge on any atom is 0.316 e. The summed E-state index contributed by atoms with van der Waals surface area (Å²) in [6.07, 6.45) is 0.640. The van der Waals surface area contributed by atoms with Crippen molar-refractivity contribution in [3.8, 4) is 10.8 Å². The highest BCUT2D eigenvalue weighted by Crippen LogP contribution is 2.38. The molecule has 2 N–H and O–H groups in total. The lowest BCUT2D eigenvalue weighted by Gasteiger charge is -2.08. The zero-order valence-corrected chi connectivity index (χ0v) is 20.1. The van der Waals surface area contributed by atoms with Crippen LogP contribution in [0.1, 0.15) is 34.6 Å². The third kappa shape index (κ3) is 6.96. The number of hydrogen-bond acceptors (Lipinski definition) is 10. The van der Waals surface area contributed by atoms with Gasteiger partial charge in [0.05, 0.1) is 16.4 Å². The molecule has 0 fully saturated rings. The SMILES string of the molecule is Cc1cc(CNCCCO[PH](=O)O)sc1-c1nnc(SC(C)c2cccc([N+](=O)[O-])c2)o1. The van der Waals surface area contributed by atoms with Crippen molar-refractivity contribution in [1.82, 2.24) is 15.5 Å². The molecule has 0 spiro atoms. The van der Waals surface area contributed by atoms with Gasteiger partial charge in [-0.3, -0.25) is 14.7 Å². The minimum absolute atomic E-state index is 0.0494. The van der Waals surface area contributed by atoms with Crippen molar-refractivity contribution in [3.05, 3.63) is 56.5 Å². The molecule has 3 rings (SSSR count). The monoisotopic (exact) mass is 498 g/mol. The van der Waals surface area contributed by atoms with Gasteiger partial charge in [0.25, 0.3) is 16.8 Å². The van der Waals surface area contributed by atoms with E-state index >= 15 is 0 Å². The maximum atomic E-state index is 11.0. The number of aromatic nitrogens is 2. The Labute approximate surface area is 193 Å². The molecule has 0 amide bonds. The fourth-order valence-electron chi connectivity index (χ4n) is 2.88. The number of nitro benzene ring substituents is 1. The molecule has 2 atom stereocenters. The van der Waals surface area contributed by atoms with Crippen molar-refractivity contribution in [1.29, 1.82) is 0 Å². The van der Waals surface area contributed by atoms with E-state index in [4.69, 9.17) is 9.31 Å². The Bertz CT molecular complexity index is 1090. The van der Waals surface area contributed by atoms with Crippen molar-refractivity contribution in [3.63, 3.8) is 0 Å². The molecule has 172 valence electrons. The molecule has 3 aromatic rings. The summed E-state index contributed by atoms with van der Waals surface area (Å²) in [4.78, 5) is 21.2. The van der Waals surface area contributed by atoms with Gasteiger partial charge in [-0.2, -0.15) is 0 Å². The number of nitrogens with one attached hydrogen (secondary N) is 1. The van der Waals surface area contributed by atoms with Crippen molar-refractivity contribution >= 4 is 37.0 Å². The van der Waals surface area contributed by atoms with Gasteiger partial charge in [-0.1, -0.05) is 23.9 Å². The zero-order chi connectivity index (χ0) is 23.1. The van der Waals surface area contributed by atoms with Crippen LogP contribution in [0.15, 0.2) is 40.0 Å². The van der Waals surface area contributed by atoms with Crippen molar-refractivity contribution in [2.75, 3.05) is 13.2 Å². The fraction of sp³-hybridized carbons (Fsp3) is 0.368. The van der Waals surface area contributed by atoms with Gasteiger partial charge < -0.3 is 19.2 Å². The van der Waals surface area contributed by atoms with E-state index in [-0.39, 0.29) is 17.5 Å². The van der Waals surface area contributed by atoms with E-state index in [1.807, 2.05) is 19.9 Å². The molecule has 0 radical (unpaired) electrons. The van der Waals surface area contributed by atoms with E-state index in [2.05, 4.69) is 26.1 Å². The second kappa shape index (κ2) is 11.7. The van der Waals surface area contributed by atoms with Crippen LogP contribution in [0.25, 0.3) is 10.8 Å². The molecule has 32 heavy (non-hydrogen) atoms. The first-order valence-corrected chi connectivity index (χ1v) is 12.7. The van der Waals surface area contributed by atoms with Crippen LogP contribution in [0.2, 0.25) is 0 Å². The quantitative estimate of drug-likeness (QED) is 0.118. The van der Waals surface area contributed by atoms with Crippen molar-refractivity contribution in [2.24, 2.45) is 0 Å². The first-order chi connectivity index (χ1) is 15.3.